The molecule has 3 heteroatoms. The topological polar surface area (TPSA) is 35.5 Å². The number of aliphatic hydroxyl groups is 1. The van der Waals surface area contributed by atoms with Gasteiger partial charge in [-0.05, 0) is 38.4 Å². The Morgan fingerprint density at radius 3 is 2.74 bits per heavy atom. The van der Waals surface area contributed by atoms with Crippen LogP contribution < -0.4 is 10.2 Å². The molecule has 1 aliphatic carbocycles. The van der Waals surface area contributed by atoms with Crippen LogP contribution in [0.25, 0.3) is 0 Å². The van der Waals surface area contributed by atoms with Crippen molar-refractivity contribution in [3.63, 3.8) is 0 Å². The van der Waals surface area contributed by atoms with E-state index < -0.39 is 0 Å². The van der Waals surface area contributed by atoms with Gasteiger partial charge in [-0.2, -0.15) is 0 Å². The third-order valence-electron chi connectivity index (χ3n) is 4.17. The molecule has 3 nitrogen and oxygen atoms in total. The highest BCUT2D eigenvalue weighted by Gasteiger charge is 2.27. The molecule has 19 heavy (non-hydrogen) atoms. The largest absolute Gasteiger partial charge is 0.391 e. The van der Waals surface area contributed by atoms with Crippen molar-refractivity contribution in [2.24, 2.45) is 0 Å². The van der Waals surface area contributed by atoms with E-state index in [1.165, 1.54) is 23.2 Å². The Bertz CT molecular complexity index is 419. The van der Waals surface area contributed by atoms with Gasteiger partial charge in [-0.25, -0.2) is 0 Å². The number of aliphatic hydroxyl groups excluding tert-OH is 1. The number of anilines is 1. The number of nitrogens with zero attached hydrogens (tertiary/aromatic N) is 1. The number of hydrogen-bond acceptors (Lipinski definition) is 3. The standard InChI is InChI=1S/C16H26N2O/c1-12-8-9-14(13(10-12)11-17-2)18(3)15-6-4-5-7-16(15)19/h8-10,15-17,19H,4-7,11H2,1-3H3. The van der Waals surface area contributed by atoms with Crippen LogP contribution in [0.4, 0.5) is 5.69 Å². The second kappa shape index (κ2) is 6.40. The average Bonchev–Trinajstić information content (AvgIpc) is 2.39. The van der Waals surface area contributed by atoms with E-state index in [9.17, 15) is 5.11 Å². The minimum absolute atomic E-state index is 0.192. The van der Waals surface area contributed by atoms with Crippen LogP contribution >= 0.6 is 0 Å². The molecule has 2 rings (SSSR count). The summed E-state index contributed by atoms with van der Waals surface area (Å²) in [6.07, 6.45) is 4.21. The maximum atomic E-state index is 10.2. The van der Waals surface area contributed by atoms with Gasteiger partial charge in [0.05, 0.1) is 12.1 Å². The Morgan fingerprint density at radius 1 is 1.32 bits per heavy atom. The molecular formula is C16H26N2O. The molecule has 106 valence electrons. The van der Waals surface area contributed by atoms with Crippen molar-refractivity contribution in [3.05, 3.63) is 29.3 Å². The van der Waals surface area contributed by atoms with Gasteiger partial charge in [0, 0.05) is 19.3 Å². The highest BCUT2D eigenvalue weighted by atomic mass is 16.3. The van der Waals surface area contributed by atoms with E-state index in [-0.39, 0.29) is 12.1 Å². The third kappa shape index (κ3) is 3.28. The van der Waals surface area contributed by atoms with E-state index in [1.54, 1.807) is 0 Å². The normalized spacial score (nSPS) is 23.4. The van der Waals surface area contributed by atoms with E-state index in [0.29, 0.717) is 0 Å². The van der Waals surface area contributed by atoms with Crippen LogP contribution in [-0.4, -0.2) is 31.3 Å². The zero-order chi connectivity index (χ0) is 13.8. The van der Waals surface area contributed by atoms with Gasteiger partial charge >= 0.3 is 0 Å². The van der Waals surface area contributed by atoms with E-state index in [1.807, 2.05) is 7.05 Å². The molecule has 1 fully saturated rings. The monoisotopic (exact) mass is 262 g/mol. The molecule has 0 aromatic heterocycles. The first-order valence-electron chi connectivity index (χ1n) is 7.28. The number of likely N-dealkylation sites (N-methyl/N-ethyl adjacent to an activating group) is 1. The molecule has 0 saturated heterocycles. The molecule has 2 N–H and O–H groups in total. The summed E-state index contributed by atoms with van der Waals surface area (Å²) in [5, 5.41) is 13.5. The van der Waals surface area contributed by atoms with Crippen molar-refractivity contribution >= 4 is 5.69 Å². The highest BCUT2D eigenvalue weighted by Crippen LogP contribution is 2.29. The second-order valence-electron chi connectivity index (χ2n) is 5.69. The number of aryl methyl sites for hydroxylation is 1. The molecule has 1 aliphatic rings. The zero-order valence-electron chi connectivity index (χ0n) is 12.3. The van der Waals surface area contributed by atoms with Gasteiger partial charge in [0.1, 0.15) is 0 Å². The number of benzene rings is 1. The molecule has 2 atom stereocenters. The van der Waals surface area contributed by atoms with E-state index in [4.69, 9.17) is 0 Å². The summed E-state index contributed by atoms with van der Waals surface area (Å²) in [7, 11) is 4.09. The predicted octanol–water partition coefficient (Wildman–Crippen LogP) is 2.45. The second-order valence-corrected chi connectivity index (χ2v) is 5.69. The zero-order valence-corrected chi connectivity index (χ0v) is 12.3. The summed E-state index contributed by atoms with van der Waals surface area (Å²) in [6.45, 7) is 2.99. The molecule has 0 heterocycles. The maximum absolute atomic E-state index is 10.2. The van der Waals surface area contributed by atoms with Crippen molar-refractivity contribution in [1.29, 1.82) is 0 Å². The van der Waals surface area contributed by atoms with Crippen molar-refractivity contribution in [2.75, 3.05) is 19.0 Å². The van der Waals surface area contributed by atoms with Crippen LogP contribution in [0.2, 0.25) is 0 Å². The predicted molar refractivity (Wildman–Crippen MR) is 80.6 cm³/mol. The summed E-state index contributed by atoms with van der Waals surface area (Å²) in [6, 6.07) is 6.83. The Kier molecular flexibility index (Phi) is 4.83. The van der Waals surface area contributed by atoms with E-state index in [2.05, 4.69) is 42.4 Å². The van der Waals surface area contributed by atoms with Crippen LogP contribution in [0.1, 0.15) is 36.8 Å². The first-order valence-corrected chi connectivity index (χ1v) is 7.28. The van der Waals surface area contributed by atoms with Crippen LogP contribution in [0.5, 0.6) is 0 Å². The van der Waals surface area contributed by atoms with Gasteiger partial charge in [0.2, 0.25) is 0 Å². The fraction of sp³-hybridized carbons (Fsp3) is 0.625. The molecule has 0 spiro atoms. The summed E-state index contributed by atoms with van der Waals surface area (Å²) >= 11 is 0. The summed E-state index contributed by atoms with van der Waals surface area (Å²) in [5.41, 5.74) is 3.83. The van der Waals surface area contributed by atoms with Gasteiger partial charge in [0.15, 0.2) is 0 Å². The fourth-order valence-corrected chi connectivity index (χ4v) is 3.11. The van der Waals surface area contributed by atoms with Crippen molar-refractivity contribution in [3.8, 4) is 0 Å². The molecule has 0 aliphatic heterocycles. The molecule has 1 aromatic rings. The third-order valence-corrected chi connectivity index (χ3v) is 4.17. The molecule has 2 unspecified atom stereocenters. The van der Waals surface area contributed by atoms with Gasteiger partial charge in [-0.3, -0.25) is 0 Å². The molecule has 0 radical (unpaired) electrons. The van der Waals surface area contributed by atoms with Crippen LogP contribution in [-0.2, 0) is 6.54 Å². The first kappa shape index (κ1) is 14.4. The lowest BCUT2D eigenvalue weighted by Crippen LogP contribution is -2.44. The van der Waals surface area contributed by atoms with E-state index in [0.717, 1.165) is 25.8 Å². The van der Waals surface area contributed by atoms with Gasteiger partial charge < -0.3 is 15.3 Å². The highest BCUT2D eigenvalue weighted by molar-refractivity contribution is 5.55. The maximum Gasteiger partial charge on any atom is 0.0743 e. The lowest BCUT2D eigenvalue weighted by molar-refractivity contribution is 0.106. The number of hydrogen-bond donors (Lipinski definition) is 2. The van der Waals surface area contributed by atoms with E-state index >= 15 is 0 Å². The van der Waals surface area contributed by atoms with Gasteiger partial charge in [-0.15, -0.1) is 0 Å². The average molecular weight is 262 g/mol. The minimum atomic E-state index is -0.192. The van der Waals surface area contributed by atoms with Crippen molar-refractivity contribution in [2.45, 2.75) is 51.3 Å². The van der Waals surface area contributed by atoms with Crippen molar-refractivity contribution in [1.82, 2.24) is 5.32 Å². The number of nitrogens with one attached hydrogen (secondary N) is 1. The Hall–Kier alpha value is -1.06. The lowest BCUT2D eigenvalue weighted by atomic mass is 9.91. The smallest absolute Gasteiger partial charge is 0.0743 e. The van der Waals surface area contributed by atoms with Crippen molar-refractivity contribution < 1.29 is 5.11 Å². The fourth-order valence-electron chi connectivity index (χ4n) is 3.11. The minimum Gasteiger partial charge on any atom is -0.391 e. The molecule has 1 saturated carbocycles. The summed E-state index contributed by atoms with van der Waals surface area (Å²) in [5.74, 6) is 0. The molecular weight excluding hydrogens is 236 g/mol. The first-order chi connectivity index (χ1) is 9.13. The Morgan fingerprint density at radius 2 is 2.05 bits per heavy atom. The lowest BCUT2D eigenvalue weighted by Gasteiger charge is -2.37. The SMILES string of the molecule is CNCc1cc(C)ccc1N(C)C1CCCCC1O. The van der Waals surface area contributed by atoms with Crippen LogP contribution in [0.3, 0.4) is 0 Å². The van der Waals surface area contributed by atoms with Gasteiger partial charge in [-0.1, -0.05) is 30.5 Å². The van der Waals surface area contributed by atoms with Gasteiger partial charge in [0.25, 0.3) is 0 Å². The summed E-state index contributed by atoms with van der Waals surface area (Å²) < 4.78 is 0. The van der Waals surface area contributed by atoms with Crippen LogP contribution in [0, 0.1) is 6.92 Å². The van der Waals surface area contributed by atoms with Crippen LogP contribution in [0.15, 0.2) is 18.2 Å². The number of rotatable bonds is 4. The quantitative estimate of drug-likeness (QED) is 0.875. The summed E-state index contributed by atoms with van der Waals surface area (Å²) in [4.78, 5) is 2.27. The Balaban J connectivity index is 2.24. The molecule has 1 aromatic carbocycles. The molecule has 0 amide bonds. The Labute approximate surface area is 116 Å². The molecule has 0 bridgehead atoms.